The van der Waals surface area contributed by atoms with Crippen molar-refractivity contribution < 1.29 is 9.53 Å². The second-order valence-electron chi connectivity index (χ2n) is 4.37. The van der Waals surface area contributed by atoms with E-state index in [9.17, 15) is 4.79 Å². The van der Waals surface area contributed by atoms with Gasteiger partial charge in [0.2, 0.25) is 0 Å². The van der Waals surface area contributed by atoms with E-state index in [1.54, 1.807) is 5.38 Å². The molecule has 1 aliphatic heterocycles. The fraction of sp³-hybridized carbons (Fsp3) is 0.667. The number of hydrogen-bond donors (Lipinski definition) is 0. The van der Waals surface area contributed by atoms with Crippen LogP contribution in [-0.4, -0.2) is 31.2 Å². The number of methoxy groups -OCH3 is 1. The first-order valence-corrected chi connectivity index (χ1v) is 6.91. The Hall–Kier alpha value is -1.10. The van der Waals surface area contributed by atoms with Gasteiger partial charge in [0, 0.05) is 18.5 Å². The van der Waals surface area contributed by atoms with Crippen LogP contribution in [0.25, 0.3) is 0 Å². The zero-order valence-electron chi connectivity index (χ0n) is 10.3. The van der Waals surface area contributed by atoms with Gasteiger partial charge in [-0.25, -0.2) is 9.78 Å². The zero-order chi connectivity index (χ0) is 12.3. The highest BCUT2D eigenvalue weighted by atomic mass is 32.1. The predicted molar refractivity (Wildman–Crippen MR) is 68.7 cm³/mol. The second-order valence-corrected chi connectivity index (χ2v) is 5.21. The molecular weight excluding hydrogens is 236 g/mol. The predicted octanol–water partition coefficient (Wildman–Crippen LogP) is 2.56. The minimum absolute atomic E-state index is 0.350. The number of nitrogens with zero attached hydrogens (tertiary/aromatic N) is 2. The molecule has 0 aliphatic carbocycles. The first kappa shape index (κ1) is 12.4. The molecule has 0 radical (unpaired) electrons. The Bertz CT molecular complexity index is 392. The van der Waals surface area contributed by atoms with Crippen molar-refractivity contribution >= 4 is 22.4 Å². The number of hydrogen-bond acceptors (Lipinski definition) is 5. The van der Waals surface area contributed by atoms with Gasteiger partial charge in [-0.1, -0.05) is 13.3 Å². The largest absolute Gasteiger partial charge is 0.464 e. The summed E-state index contributed by atoms with van der Waals surface area (Å²) in [7, 11) is 1.38. The molecule has 17 heavy (non-hydrogen) atoms. The SMILES string of the molecule is CCC1CCCN(c2nc(C(=O)OC)cs2)C1. The second kappa shape index (κ2) is 5.49. The van der Waals surface area contributed by atoms with Crippen LogP contribution in [0.5, 0.6) is 0 Å². The maximum atomic E-state index is 11.3. The van der Waals surface area contributed by atoms with Gasteiger partial charge in [0.1, 0.15) is 0 Å². The van der Waals surface area contributed by atoms with E-state index in [0.717, 1.165) is 24.1 Å². The fourth-order valence-electron chi connectivity index (χ4n) is 2.18. The third kappa shape index (κ3) is 2.77. The van der Waals surface area contributed by atoms with Crippen molar-refractivity contribution in [1.29, 1.82) is 0 Å². The highest BCUT2D eigenvalue weighted by Gasteiger charge is 2.21. The molecule has 1 saturated heterocycles. The number of rotatable bonds is 3. The van der Waals surface area contributed by atoms with Crippen LogP contribution in [0, 0.1) is 5.92 Å². The highest BCUT2D eigenvalue weighted by molar-refractivity contribution is 7.13. The van der Waals surface area contributed by atoms with Gasteiger partial charge in [0.05, 0.1) is 7.11 Å². The van der Waals surface area contributed by atoms with Crippen LogP contribution >= 0.6 is 11.3 Å². The van der Waals surface area contributed by atoms with Crippen LogP contribution in [0.4, 0.5) is 5.13 Å². The molecule has 2 rings (SSSR count). The van der Waals surface area contributed by atoms with E-state index in [0.29, 0.717) is 5.69 Å². The highest BCUT2D eigenvalue weighted by Crippen LogP contribution is 2.27. The topological polar surface area (TPSA) is 42.4 Å². The van der Waals surface area contributed by atoms with Gasteiger partial charge < -0.3 is 9.64 Å². The Labute approximate surface area is 106 Å². The normalized spacial score (nSPS) is 20.4. The Morgan fingerprint density at radius 1 is 1.71 bits per heavy atom. The number of aromatic nitrogens is 1. The molecule has 1 aromatic heterocycles. The lowest BCUT2D eigenvalue weighted by Crippen LogP contribution is -2.35. The number of esters is 1. The summed E-state index contributed by atoms with van der Waals surface area (Å²) >= 11 is 1.53. The van der Waals surface area contributed by atoms with E-state index in [1.165, 1.54) is 37.7 Å². The third-order valence-electron chi connectivity index (χ3n) is 3.25. The van der Waals surface area contributed by atoms with Crippen molar-refractivity contribution in [3.63, 3.8) is 0 Å². The van der Waals surface area contributed by atoms with Crippen LogP contribution in [0.2, 0.25) is 0 Å². The summed E-state index contributed by atoms with van der Waals surface area (Å²) in [5, 5.41) is 2.72. The monoisotopic (exact) mass is 254 g/mol. The lowest BCUT2D eigenvalue weighted by molar-refractivity contribution is 0.0595. The van der Waals surface area contributed by atoms with Crippen molar-refractivity contribution in [3.05, 3.63) is 11.1 Å². The van der Waals surface area contributed by atoms with Gasteiger partial charge in [-0.3, -0.25) is 0 Å². The molecule has 1 fully saturated rings. The number of carbonyl (C=O) groups excluding carboxylic acids is 1. The van der Waals surface area contributed by atoms with Crippen molar-refractivity contribution in [3.8, 4) is 0 Å². The van der Waals surface area contributed by atoms with Crippen molar-refractivity contribution in [2.24, 2.45) is 5.92 Å². The molecule has 0 amide bonds. The quantitative estimate of drug-likeness (QED) is 0.777. The number of carbonyl (C=O) groups is 1. The van der Waals surface area contributed by atoms with E-state index < -0.39 is 0 Å². The molecular formula is C12H18N2O2S. The number of ether oxygens (including phenoxy) is 1. The molecule has 0 aromatic carbocycles. The number of piperidine rings is 1. The average molecular weight is 254 g/mol. The fourth-order valence-corrected chi connectivity index (χ4v) is 3.01. The molecule has 0 spiro atoms. The first-order chi connectivity index (χ1) is 8.24. The Balaban J connectivity index is 2.06. The molecule has 1 atom stereocenters. The summed E-state index contributed by atoms with van der Waals surface area (Å²) in [5.74, 6) is 0.408. The lowest BCUT2D eigenvalue weighted by atomic mass is 9.96. The summed E-state index contributed by atoms with van der Waals surface area (Å²) in [4.78, 5) is 18.0. The van der Waals surface area contributed by atoms with Crippen molar-refractivity contribution in [2.75, 3.05) is 25.1 Å². The van der Waals surface area contributed by atoms with Gasteiger partial charge in [-0.15, -0.1) is 11.3 Å². The summed E-state index contributed by atoms with van der Waals surface area (Å²) in [6.45, 7) is 4.34. The summed E-state index contributed by atoms with van der Waals surface area (Å²) in [5.41, 5.74) is 0.422. The minimum Gasteiger partial charge on any atom is -0.464 e. The molecule has 0 saturated carbocycles. The van der Waals surface area contributed by atoms with Crippen LogP contribution in [0.3, 0.4) is 0 Å². The molecule has 0 bridgehead atoms. The lowest BCUT2D eigenvalue weighted by Gasteiger charge is -2.31. The first-order valence-electron chi connectivity index (χ1n) is 6.03. The minimum atomic E-state index is -0.350. The number of anilines is 1. The molecule has 1 aromatic rings. The van der Waals surface area contributed by atoms with Gasteiger partial charge in [-0.2, -0.15) is 0 Å². The molecule has 94 valence electrons. The zero-order valence-corrected chi connectivity index (χ0v) is 11.1. The molecule has 4 nitrogen and oxygen atoms in total. The molecule has 1 aliphatic rings. The summed E-state index contributed by atoms with van der Waals surface area (Å²) in [6.07, 6.45) is 3.74. The van der Waals surface area contributed by atoms with Crippen LogP contribution < -0.4 is 4.90 Å². The molecule has 0 N–H and O–H groups in total. The smallest absolute Gasteiger partial charge is 0.357 e. The molecule has 5 heteroatoms. The van der Waals surface area contributed by atoms with E-state index in [1.807, 2.05) is 0 Å². The Morgan fingerprint density at radius 2 is 2.53 bits per heavy atom. The van der Waals surface area contributed by atoms with E-state index in [4.69, 9.17) is 0 Å². The van der Waals surface area contributed by atoms with Crippen LogP contribution in [0.1, 0.15) is 36.7 Å². The Kier molecular flexibility index (Phi) is 3.99. The Morgan fingerprint density at radius 3 is 3.24 bits per heavy atom. The summed E-state index contributed by atoms with van der Waals surface area (Å²) in [6, 6.07) is 0. The maximum Gasteiger partial charge on any atom is 0.357 e. The standard InChI is InChI=1S/C12H18N2O2S/c1-3-9-5-4-6-14(7-9)12-13-10(8-17-12)11(15)16-2/h8-9H,3-7H2,1-2H3. The third-order valence-corrected chi connectivity index (χ3v) is 4.15. The average Bonchev–Trinajstić information content (AvgIpc) is 2.87. The van der Waals surface area contributed by atoms with Gasteiger partial charge in [0.15, 0.2) is 10.8 Å². The van der Waals surface area contributed by atoms with Crippen LogP contribution in [-0.2, 0) is 4.74 Å². The maximum absolute atomic E-state index is 11.3. The van der Waals surface area contributed by atoms with Crippen LogP contribution in [0.15, 0.2) is 5.38 Å². The van der Waals surface area contributed by atoms with Crippen molar-refractivity contribution in [2.45, 2.75) is 26.2 Å². The number of thiazole rings is 1. The van der Waals surface area contributed by atoms with Crippen molar-refractivity contribution in [1.82, 2.24) is 4.98 Å². The molecule has 1 unspecified atom stereocenters. The van der Waals surface area contributed by atoms with E-state index in [-0.39, 0.29) is 5.97 Å². The summed E-state index contributed by atoms with van der Waals surface area (Å²) < 4.78 is 4.67. The van der Waals surface area contributed by atoms with E-state index in [2.05, 4.69) is 21.5 Å². The molecule has 2 heterocycles. The van der Waals surface area contributed by atoms with Gasteiger partial charge >= 0.3 is 5.97 Å². The van der Waals surface area contributed by atoms with E-state index >= 15 is 0 Å². The van der Waals surface area contributed by atoms with Gasteiger partial charge in [-0.05, 0) is 18.8 Å². The van der Waals surface area contributed by atoms with Gasteiger partial charge in [0.25, 0.3) is 0 Å².